The highest BCUT2D eigenvalue weighted by molar-refractivity contribution is 5.92. The fraction of sp³-hybridized carbons (Fsp3) is 0.636. The second kappa shape index (κ2) is 4.65. The third-order valence-corrected chi connectivity index (χ3v) is 3.18. The number of carbonyl (C=O) groups excluding carboxylic acids is 1. The number of nitrogens with one attached hydrogen (secondary N) is 1. The number of amides is 1. The normalized spacial score (nSPS) is 20.8. The second-order valence-corrected chi connectivity index (χ2v) is 4.26. The number of likely N-dealkylation sites (N-methyl/N-ethyl adjacent to an activating group) is 1. The van der Waals surface area contributed by atoms with Crippen molar-refractivity contribution >= 4 is 5.91 Å². The van der Waals surface area contributed by atoms with Gasteiger partial charge >= 0.3 is 0 Å². The molecule has 2 rings (SSSR count). The van der Waals surface area contributed by atoms with Gasteiger partial charge in [-0.15, -0.1) is 0 Å². The van der Waals surface area contributed by atoms with Crippen molar-refractivity contribution in [2.45, 2.75) is 18.9 Å². The van der Waals surface area contributed by atoms with E-state index in [9.17, 15) is 4.79 Å². The predicted octanol–water partition coefficient (Wildman–Crippen LogP) is 0.244. The Bertz CT molecular complexity index is 368. The van der Waals surface area contributed by atoms with Crippen molar-refractivity contribution in [3.05, 3.63) is 18.0 Å². The molecule has 0 bridgehead atoms. The van der Waals surface area contributed by atoms with Crippen LogP contribution < -0.4 is 5.32 Å². The number of hydrogen-bond acceptors (Lipinski definition) is 3. The van der Waals surface area contributed by atoms with Crippen molar-refractivity contribution in [2.75, 3.05) is 20.1 Å². The fourth-order valence-electron chi connectivity index (χ4n) is 2.09. The zero-order chi connectivity index (χ0) is 11.5. The zero-order valence-corrected chi connectivity index (χ0v) is 9.81. The van der Waals surface area contributed by atoms with E-state index in [-0.39, 0.29) is 5.91 Å². The van der Waals surface area contributed by atoms with Gasteiger partial charge in [0.05, 0.1) is 0 Å². The Morgan fingerprint density at radius 2 is 2.50 bits per heavy atom. The maximum atomic E-state index is 12.2. The molecule has 0 aliphatic carbocycles. The predicted molar refractivity (Wildman–Crippen MR) is 61.2 cm³/mol. The molecule has 1 unspecified atom stereocenters. The van der Waals surface area contributed by atoms with E-state index in [0.717, 1.165) is 25.9 Å². The molecule has 1 N–H and O–H groups in total. The van der Waals surface area contributed by atoms with E-state index in [2.05, 4.69) is 10.4 Å². The Morgan fingerprint density at radius 1 is 1.69 bits per heavy atom. The standard InChI is InChI=1S/C11H18N4O/c1-14(9-4-3-6-12-8-9)11(16)10-5-7-13-15(10)2/h5,7,9,12H,3-4,6,8H2,1-2H3. The van der Waals surface area contributed by atoms with Gasteiger partial charge in [-0.25, -0.2) is 0 Å². The molecule has 1 fully saturated rings. The van der Waals surface area contributed by atoms with Crippen molar-refractivity contribution in [1.29, 1.82) is 0 Å². The van der Waals surface area contributed by atoms with Crippen LogP contribution in [-0.2, 0) is 7.05 Å². The number of aryl methyl sites for hydroxylation is 1. The lowest BCUT2D eigenvalue weighted by Crippen LogP contribution is -2.47. The number of rotatable bonds is 2. The SMILES string of the molecule is CN(C(=O)c1ccnn1C)C1CCCNC1. The van der Waals surface area contributed by atoms with Crippen LogP contribution in [-0.4, -0.2) is 46.8 Å². The van der Waals surface area contributed by atoms with Crippen LogP contribution in [0, 0.1) is 0 Å². The number of hydrogen-bond donors (Lipinski definition) is 1. The molecule has 1 amide bonds. The largest absolute Gasteiger partial charge is 0.336 e. The van der Waals surface area contributed by atoms with Gasteiger partial charge in [-0.05, 0) is 25.5 Å². The average molecular weight is 222 g/mol. The first-order valence-corrected chi connectivity index (χ1v) is 5.66. The summed E-state index contributed by atoms with van der Waals surface area (Å²) in [5, 5.41) is 7.33. The third kappa shape index (κ3) is 2.09. The molecule has 1 atom stereocenters. The molecule has 0 radical (unpaired) electrons. The molecule has 5 nitrogen and oxygen atoms in total. The summed E-state index contributed by atoms with van der Waals surface area (Å²) in [6.07, 6.45) is 3.86. The Labute approximate surface area is 95.4 Å². The smallest absolute Gasteiger partial charge is 0.272 e. The van der Waals surface area contributed by atoms with Gasteiger partial charge in [0, 0.05) is 32.9 Å². The molecular formula is C11H18N4O. The van der Waals surface area contributed by atoms with E-state index in [1.807, 2.05) is 11.9 Å². The van der Waals surface area contributed by atoms with Crippen LogP contribution in [0.15, 0.2) is 12.3 Å². The maximum Gasteiger partial charge on any atom is 0.272 e. The van der Waals surface area contributed by atoms with Gasteiger partial charge in [0.1, 0.15) is 5.69 Å². The van der Waals surface area contributed by atoms with E-state index in [1.165, 1.54) is 0 Å². The van der Waals surface area contributed by atoms with Gasteiger partial charge < -0.3 is 10.2 Å². The van der Waals surface area contributed by atoms with Crippen molar-refractivity contribution in [1.82, 2.24) is 20.0 Å². The van der Waals surface area contributed by atoms with Gasteiger partial charge in [-0.2, -0.15) is 5.10 Å². The van der Waals surface area contributed by atoms with Crippen molar-refractivity contribution in [3.63, 3.8) is 0 Å². The summed E-state index contributed by atoms with van der Waals surface area (Å²) >= 11 is 0. The van der Waals surface area contributed by atoms with Crippen LogP contribution >= 0.6 is 0 Å². The molecule has 1 aromatic rings. The van der Waals surface area contributed by atoms with E-state index < -0.39 is 0 Å². The molecule has 1 aromatic heterocycles. The minimum Gasteiger partial charge on any atom is -0.336 e. The summed E-state index contributed by atoms with van der Waals surface area (Å²) in [6.45, 7) is 1.95. The molecule has 0 saturated carbocycles. The summed E-state index contributed by atoms with van der Waals surface area (Å²) in [7, 11) is 3.66. The Morgan fingerprint density at radius 3 is 3.06 bits per heavy atom. The van der Waals surface area contributed by atoms with Gasteiger partial charge in [0.2, 0.25) is 0 Å². The van der Waals surface area contributed by atoms with Crippen molar-refractivity contribution in [2.24, 2.45) is 7.05 Å². The van der Waals surface area contributed by atoms with E-state index >= 15 is 0 Å². The quantitative estimate of drug-likeness (QED) is 0.780. The number of aromatic nitrogens is 2. The minimum atomic E-state index is 0.0497. The van der Waals surface area contributed by atoms with Crippen LogP contribution in [0.4, 0.5) is 0 Å². The molecule has 1 aliphatic heterocycles. The maximum absolute atomic E-state index is 12.2. The van der Waals surface area contributed by atoms with Crippen LogP contribution in [0.5, 0.6) is 0 Å². The summed E-state index contributed by atoms with van der Waals surface area (Å²) in [5.41, 5.74) is 0.646. The first-order valence-electron chi connectivity index (χ1n) is 5.66. The highest BCUT2D eigenvalue weighted by Gasteiger charge is 2.24. The van der Waals surface area contributed by atoms with Gasteiger partial charge in [0.15, 0.2) is 0 Å². The monoisotopic (exact) mass is 222 g/mol. The molecule has 1 saturated heterocycles. The number of carbonyl (C=O) groups is 1. The molecule has 88 valence electrons. The first kappa shape index (κ1) is 11.1. The number of piperidine rings is 1. The summed E-state index contributed by atoms with van der Waals surface area (Å²) < 4.78 is 1.62. The highest BCUT2D eigenvalue weighted by atomic mass is 16.2. The Hall–Kier alpha value is -1.36. The molecule has 16 heavy (non-hydrogen) atoms. The van der Waals surface area contributed by atoms with Crippen LogP contribution in [0.1, 0.15) is 23.3 Å². The van der Waals surface area contributed by atoms with Gasteiger partial charge in [0.25, 0.3) is 5.91 Å². The Kier molecular flexibility index (Phi) is 3.24. The zero-order valence-electron chi connectivity index (χ0n) is 9.81. The molecule has 0 spiro atoms. The molecule has 0 aromatic carbocycles. The van der Waals surface area contributed by atoms with Gasteiger partial charge in [-0.3, -0.25) is 9.48 Å². The average Bonchev–Trinajstić information content (AvgIpc) is 2.75. The second-order valence-electron chi connectivity index (χ2n) is 4.26. The lowest BCUT2D eigenvalue weighted by Gasteiger charge is -2.31. The molecular weight excluding hydrogens is 204 g/mol. The van der Waals surface area contributed by atoms with Crippen LogP contribution in [0.2, 0.25) is 0 Å². The lowest BCUT2D eigenvalue weighted by atomic mass is 10.1. The van der Waals surface area contributed by atoms with E-state index in [4.69, 9.17) is 0 Å². The fourth-order valence-corrected chi connectivity index (χ4v) is 2.09. The van der Waals surface area contributed by atoms with E-state index in [1.54, 1.807) is 24.0 Å². The minimum absolute atomic E-state index is 0.0497. The third-order valence-electron chi connectivity index (χ3n) is 3.18. The molecule has 5 heteroatoms. The van der Waals surface area contributed by atoms with Crippen molar-refractivity contribution < 1.29 is 4.79 Å². The topological polar surface area (TPSA) is 50.2 Å². The van der Waals surface area contributed by atoms with Crippen LogP contribution in [0.3, 0.4) is 0 Å². The van der Waals surface area contributed by atoms with Crippen molar-refractivity contribution in [3.8, 4) is 0 Å². The molecule has 1 aliphatic rings. The molecule has 2 heterocycles. The lowest BCUT2D eigenvalue weighted by molar-refractivity contribution is 0.0697. The summed E-state index contributed by atoms with van der Waals surface area (Å²) in [4.78, 5) is 14.0. The van der Waals surface area contributed by atoms with E-state index in [0.29, 0.717) is 11.7 Å². The van der Waals surface area contributed by atoms with Crippen LogP contribution in [0.25, 0.3) is 0 Å². The summed E-state index contributed by atoms with van der Waals surface area (Å²) in [6, 6.07) is 2.06. The first-order chi connectivity index (χ1) is 7.70. The van der Waals surface area contributed by atoms with Gasteiger partial charge in [-0.1, -0.05) is 0 Å². The summed E-state index contributed by atoms with van der Waals surface area (Å²) in [5.74, 6) is 0.0497. The highest BCUT2D eigenvalue weighted by Crippen LogP contribution is 2.11. The number of nitrogens with zero attached hydrogens (tertiary/aromatic N) is 3. The Balaban J connectivity index is 2.06.